The zero-order chi connectivity index (χ0) is 7.56. The van der Waals surface area contributed by atoms with E-state index in [4.69, 9.17) is 5.73 Å². The molecule has 4 heteroatoms. The second-order valence-corrected chi connectivity index (χ2v) is 3.71. The summed E-state index contributed by atoms with van der Waals surface area (Å²) in [5.41, 5.74) is 6.58. The molecule has 1 nitrogen and oxygen atoms in total. The molecule has 0 aliphatic carbocycles. The van der Waals surface area contributed by atoms with E-state index in [1.54, 1.807) is 0 Å². The summed E-state index contributed by atoms with van der Waals surface area (Å²) in [6.07, 6.45) is 0. The first-order chi connectivity index (χ1) is 4.74. The molecule has 0 aliphatic heterocycles. The molecule has 0 saturated carbocycles. The van der Waals surface area contributed by atoms with Crippen LogP contribution in [0.2, 0.25) is 0 Å². The van der Waals surface area contributed by atoms with Crippen molar-refractivity contribution in [3.05, 3.63) is 32.7 Å². The zero-order valence-corrected chi connectivity index (χ0v) is 9.67. The van der Waals surface area contributed by atoms with Crippen molar-refractivity contribution in [2.24, 2.45) is 5.73 Å². The van der Waals surface area contributed by atoms with Crippen molar-refractivity contribution in [2.45, 2.75) is 6.54 Å². The lowest BCUT2D eigenvalue weighted by atomic mass is 10.2. The summed E-state index contributed by atoms with van der Waals surface area (Å²) in [4.78, 5) is 0. The van der Waals surface area contributed by atoms with Gasteiger partial charge in [-0.2, -0.15) is 0 Å². The van der Waals surface area contributed by atoms with Crippen LogP contribution in [-0.4, -0.2) is 0 Å². The molecule has 0 saturated heterocycles. The molecule has 0 radical (unpaired) electrons. The van der Waals surface area contributed by atoms with Gasteiger partial charge in [0.15, 0.2) is 0 Å². The standard InChI is InChI=1S/C7H7Br2N.ClH/c8-6-2-1-5(4-10)7(9)3-6;/h1-3H,4,10H2;1H. The highest BCUT2D eigenvalue weighted by Gasteiger charge is 1.96. The van der Waals surface area contributed by atoms with Crippen molar-refractivity contribution in [2.75, 3.05) is 0 Å². The lowest BCUT2D eigenvalue weighted by Crippen LogP contribution is -1.96. The van der Waals surface area contributed by atoms with E-state index in [0.717, 1.165) is 14.5 Å². The molecule has 0 bridgehead atoms. The smallest absolute Gasteiger partial charge is 0.0231 e. The maximum atomic E-state index is 5.46. The van der Waals surface area contributed by atoms with Crippen LogP contribution in [0.15, 0.2) is 27.1 Å². The molecule has 2 N–H and O–H groups in total. The Hall–Kier alpha value is 0.430. The van der Waals surface area contributed by atoms with E-state index in [0.29, 0.717) is 6.54 Å². The third-order valence-corrected chi connectivity index (χ3v) is 2.47. The van der Waals surface area contributed by atoms with E-state index in [1.165, 1.54) is 0 Å². The maximum absolute atomic E-state index is 5.46. The van der Waals surface area contributed by atoms with Crippen LogP contribution in [0.1, 0.15) is 5.56 Å². The van der Waals surface area contributed by atoms with Crippen LogP contribution in [0, 0.1) is 0 Å². The Morgan fingerprint density at radius 2 is 1.91 bits per heavy atom. The van der Waals surface area contributed by atoms with Gasteiger partial charge >= 0.3 is 0 Å². The number of benzene rings is 1. The van der Waals surface area contributed by atoms with Gasteiger partial charge in [-0.05, 0) is 17.7 Å². The van der Waals surface area contributed by atoms with E-state index in [1.807, 2.05) is 18.2 Å². The summed E-state index contributed by atoms with van der Waals surface area (Å²) in [5, 5.41) is 0. The molecule has 0 atom stereocenters. The van der Waals surface area contributed by atoms with E-state index >= 15 is 0 Å². The fourth-order valence-electron chi connectivity index (χ4n) is 0.687. The predicted octanol–water partition coefficient (Wildman–Crippen LogP) is 3.09. The summed E-state index contributed by atoms with van der Waals surface area (Å²) < 4.78 is 2.13. The molecular formula is C7H8Br2ClN. The summed E-state index contributed by atoms with van der Waals surface area (Å²) >= 11 is 6.75. The van der Waals surface area contributed by atoms with Crippen molar-refractivity contribution >= 4 is 44.3 Å². The molecule has 0 amide bonds. The highest BCUT2D eigenvalue weighted by atomic mass is 79.9. The molecule has 0 aromatic heterocycles. The normalized spacial score (nSPS) is 9.00. The summed E-state index contributed by atoms with van der Waals surface area (Å²) in [6, 6.07) is 5.96. The van der Waals surface area contributed by atoms with E-state index < -0.39 is 0 Å². The molecule has 1 rings (SSSR count). The third-order valence-electron chi connectivity index (χ3n) is 1.24. The zero-order valence-electron chi connectivity index (χ0n) is 5.68. The third kappa shape index (κ3) is 3.11. The van der Waals surface area contributed by atoms with E-state index in [2.05, 4.69) is 31.9 Å². The number of hydrogen-bond acceptors (Lipinski definition) is 1. The monoisotopic (exact) mass is 299 g/mol. The number of rotatable bonds is 1. The summed E-state index contributed by atoms with van der Waals surface area (Å²) in [7, 11) is 0. The number of halogens is 3. The highest BCUT2D eigenvalue weighted by molar-refractivity contribution is 9.11. The van der Waals surface area contributed by atoms with Crippen molar-refractivity contribution in [3.8, 4) is 0 Å². The minimum Gasteiger partial charge on any atom is -0.326 e. The summed E-state index contributed by atoms with van der Waals surface area (Å²) in [5.74, 6) is 0. The van der Waals surface area contributed by atoms with Gasteiger partial charge in [-0.15, -0.1) is 12.4 Å². The van der Waals surface area contributed by atoms with Gasteiger partial charge in [0.1, 0.15) is 0 Å². The van der Waals surface area contributed by atoms with Crippen LogP contribution in [0.3, 0.4) is 0 Å². The topological polar surface area (TPSA) is 26.0 Å². The van der Waals surface area contributed by atoms with Crippen LogP contribution in [0.4, 0.5) is 0 Å². The van der Waals surface area contributed by atoms with Gasteiger partial charge < -0.3 is 5.73 Å². The molecule has 0 heterocycles. The Morgan fingerprint density at radius 3 is 2.36 bits per heavy atom. The van der Waals surface area contributed by atoms with Crippen LogP contribution < -0.4 is 5.73 Å². The molecule has 0 fully saturated rings. The lowest BCUT2D eigenvalue weighted by molar-refractivity contribution is 1.06. The van der Waals surface area contributed by atoms with Crippen molar-refractivity contribution in [3.63, 3.8) is 0 Å². The molecule has 0 unspecified atom stereocenters. The second-order valence-electron chi connectivity index (χ2n) is 1.94. The van der Waals surface area contributed by atoms with Crippen molar-refractivity contribution < 1.29 is 0 Å². The van der Waals surface area contributed by atoms with Crippen LogP contribution >= 0.6 is 44.3 Å². The van der Waals surface area contributed by atoms with Gasteiger partial charge in [0, 0.05) is 15.5 Å². The van der Waals surface area contributed by atoms with E-state index in [-0.39, 0.29) is 12.4 Å². The number of nitrogens with two attached hydrogens (primary N) is 1. The van der Waals surface area contributed by atoms with Gasteiger partial charge in [-0.1, -0.05) is 37.9 Å². The first kappa shape index (κ1) is 11.4. The first-order valence-electron chi connectivity index (χ1n) is 2.88. The SMILES string of the molecule is Cl.NCc1ccc(Br)cc1Br. The quantitative estimate of drug-likeness (QED) is 0.847. The largest absolute Gasteiger partial charge is 0.326 e. The van der Waals surface area contributed by atoms with Crippen LogP contribution in [0.5, 0.6) is 0 Å². The van der Waals surface area contributed by atoms with Crippen LogP contribution in [-0.2, 0) is 6.54 Å². The average molecular weight is 301 g/mol. The molecule has 1 aromatic carbocycles. The van der Waals surface area contributed by atoms with Gasteiger partial charge in [0.05, 0.1) is 0 Å². The summed E-state index contributed by atoms with van der Waals surface area (Å²) in [6.45, 7) is 0.577. The minimum atomic E-state index is 0. The van der Waals surface area contributed by atoms with Crippen molar-refractivity contribution in [1.29, 1.82) is 0 Å². The van der Waals surface area contributed by atoms with Crippen molar-refractivity contribution in [1.82, 2.24) is 0 Å². The lowest BCUT2D eigenvalue weighted by Gasteiger charge is -1.99. The Balaban J connectivity index is 0.000001000. The fourth-order valence-corrected chi connectivity index (χ4v) is 1.90. The Morgan fingerprint density at radius 1 is 1.27 bits per heavy atom. The fraction of sp³-hybridized carbons (Fsp3) is 0.143. The molecular weight excluding hydrogens is 293 g/mol. The molecule has 11 heavy (non-hydrogen) atoms. The van der Waals surface area contributed by atoms with E-state index in [9.17, 15) is 0 Å². The Labute approximate surface area is 89.0 Å². The Kier molecular flexibility index (Phi) is 5.34. The number of hydrogen-bond donors (Lipinski definition) is 1. The molecule has 0 spiro atoms. The van der Waals surface area contributed by atoms with Gasteiger partial charge in [0.25, 0.3) is 0 Å². The molecule has 0 aliphatic rings. The Bertz CT molecular complexity index is 240. The predicted molar refractivity (Wildman–Crippen MR) is 57.0 cm³/mol. The van der Waals surface area contributed by atoms with Gasteiger partial charge in [-0.25, -0.2) is 0 Å². The minimum absolute atomic E-state index is 0. The molecule has 1 aromatic rings. The van der Waals surface area contributed by atoms with Crippen LogP contribution in [0.25, 0.3) is 0 Å². The van der Waals surface area contributed by atoms with Gasteiger partial charge in [0.2, 0.25) is 0 Å². The first-order valence-corrected chi connectivity index (χ1v) is 4.46. The highest BCUT2D eigenvalue weighted by Crippen LogP contribution is 2.21. The maximum Gasteiger partial charge on any atom is 0.0231 e. The molecule has 62 valence electrons. The van der Waals surface area contributed by atoms with Gasteiger partial charge in [-0.3, -0.25) is 0 Å². The second kappa shape index (κ2) is 5.14. The average Bonchev–Trinajstić information content (AvgIpc) is 1.88.